The topological polar surface area (TPSA) is 46.6 Å². The molecule has 0 aliphatic carbocycles. The average molecular weight is 396 g/mol. The van der Waals surface area contributed by atoms with Gasteiger partial charge in [-0.25, -0.2) is 0 Å². The molecule has 0 radical (unpaired) electrons. The summed E-state index contributed by atoms with van der Waals surface area (Å²) in [5, 5.41) is 0. The lowest BCUT2D eigenvalue weighted by atomic mass is 10.1. The van der Waals surface area contributed by atoms with Crippen LogP contribution in [0.15, 0.2) is 51.8 Å². The van der Waals surface area contributed by atoms with Gasteiger partial charge in [-0.1, -0.05) is 15.9 Å². The second kappa shape index (κ2) is 7.75. The summed E-state index contributed by atoms with van der Waals surface area (Å²) in [7, 11) is 2.31. The van der Waals surface area contributed by atoms with Crippen LogP contribution >= 0.6 is 15.9 Å². The molecule has 122 valence electrons. The summed E-state index contributed by atoms with van der Waals surface area (Å²) in [4.78, 5) is 14.8. The molecule has 4 nitrogen and oxygen atoms in total. The number of halogens is 1. The van der Waals surface area contributed by atoms with Gasteiger partial charge in [0.25, 0.3) is 5.91 Å². The van der Waals surface area contributed by atoms with Crippen molar-refractivity contribution in [1.82, 2.24) is 4.90 Å². The van der Waals surface area contributed by atoms with Crippen molar-refractivity contribution in [3.63, 3.8) is 0 Å². The van der Waals surface area contributed by atoms with Gasteiger partial charge in [0, 0.05) is 51.1 Å². The molecule has 0 aromatic heterocycles. The molecule has 0 fully saturated rings. The highest BCUT2D eigenvalue weighted by molar-refractivity contribution is 9.10. The first kappa shape index (κ1) is 17.7. The molecule has 0 spiro atoms. The maximum atomic E-state index is 12.5. The molecule has 1 atom stereocenters. The molecule has 0 bridgehead atoms. The molecule has 0 N–H and O–H groups in total. The number of rotatable bonds is 5. The Balaban J connectivity index is 2.17. The Labute approximate surface area is 147 Å². The minimum absolute atomic E-state index is 0.0968. The Morgan fingerprint density at radius 1 is 1.22 bits per heavy atom. The molecule has 0 saturated carbocycles. The first-order valence-corrected chi connectivity index (χ1v) is 9.29. The quantitative estimate of drug-likeness (QED) is 0.778. The van der Waals surface area contributed by atoms with Gasteiger partial charge < -0.3 is 9.64 Å². The first-order chi connectivity index (χ1) is 10.9. The van der Waals surface area contributed by atoms with Crippen molar-refractivity contribution in [1.29, 1.82) is 0 Å². The van der Waals surface area contributed by atoms with Crippen LogP contribution in [0.2, 0.25) is 0 Å². The summed E-state index contributed by atoms with van der Waals surface area (Å²) >= 11 is 3.43. The molecule has 2 aromatic carbocycles. The Kier molecular flexibility index (Phi) is 5.96. The van der Waals surface area contributed by atoms with E-state index in [0.717, 1.165) is 15.8 Å². The summed E-state index contributed by atoms with van der Waals surface area (Å²) in [6.45, 7) is 0.433. The Morgan fingerprint density at radius 3 is 2.43 bits per heavy atom. The SMILES string of the molecule is COc1ccc(Br)cc1CN(C)C(=O)c1ccc([S@@](C)=O)cc1. The van der Waals surface area contributed by atoms with E-state index in [9.17, 15) is 9.00 Å². The number of carbonyl (C=O) groups excluding carboxylic acids is 1. The minimum atomic E-state index is -1.05. The molecule has 6 heteroatoms. The van der Waals surface area contributed by atoms with Crippen molar-refractivity contribution in [2.45, 2.75) is 11.4 Å². The van der Waals surface area contributed by atoms with Gasteiger partial charge in [-0.3, -0.25) is 9.00 Å². The van der Waals surface area contributed by atoms with E-state index in [1.54, 1.807) is 49.6 Å². The highest BCUT2D eigenvalue weighted by Gasteiger charge is 2.14. The van der Waals surface area contributed by atoms with Crippen LogP contribution in [-0.2, 0) is 17.3 Å². The van der Waals surface area contributed by atoms with Gasteiger partial charge in [-0.05, 0) is 42.5 Å². The molecule has 0 saturated heterocycles. The van der Waals surface area contributed by atoms with E-state index < -0.39 is 10.8 Å². The van der Waals surface area contributed by atoms with Gasteiger partial charge in [0.15, 0.2) is 0 Å². The maximum absolute atomic E-state index is 12.5. The predicted octanol–water partition coefficient (Wildman–Crippen LogP) is 3.47. The number of benzene rings is 2. The van der Waals surface area contributed by atoms with Crippen molar-refractivity contribution in [2.24, 2.45) is 0 Å². The van der Waals surface area contributed by atoms with Crippen LogP contribution in [0.25, 0.3) is 0 Å². The Bertz CT molecular complexity index is 731. The van der Waals surface area contributed by atoms with Crippen molar-refractivity contribution in [3.8, 4) is 5.75 Å². The van der Waals surface area contributed by atoms with Crippen LogP contribution in [-0.4, -0.2) is 35.4 Å². The molecule has 0 unspecified atom stereocenters. The highest BCUT2D eigenvalue weighted by Crippen LogP contribution is 2.24. The maximum Gasteiger partial charge on any atom is 0.253 e. The third-order valence-electron chi connectivity index (χ3n) is 3.43. The second-order valence-corrected chi connectivity index (χ2v) is 7.39. The van der Waals surface area contributed by atoms with Crippen LogP contribution in [0.5, 0.6) is 5.75 Å². The summed E-state index contributed by atoms with van der Waals surface area (Å²) in [5.41, 5.74) is 1.49. The van der Waals surface area contributed by atoms with E-state index in [2.05, 4.69) is 15.9 Å². The molecule has 2 rings (SSSR count). The monoisotopic (exact) mass is 395 g/mol. The van der Waals surface area contributed by atoms with Gasteiger partial charge in [0.05, 0.1) is 7.11 Å². The minimum Gasteiger partial charge on any atom is -0.496 e. The lowest BCUT2D eigenvalue weighted by molar-refractivity contribution is 0.0784. The Morgan fingerprint density at radius 2 is 1.87 bits per heavy atom. The van der Waals surface area contributed by atoms with E-state index >= 15 is 0 Å². The van der Waals surface area contributed by atoms with Gasteiger partial charge in [-0.2, -0.15) is 0 Å². The van der Waals surface area contributed by atoms with Crippen molar-refractivity contribution < 1.29 is 13.7 Å². The van der Waals surface area contributed by atoms with Crippen LogP contribution in [0, 0.1) is 0 Å². The van der Waals surface area contributed by atoms with Crippen molar-refractivity contribution >= 4 is 32.6 Å². The number of nitrogens with zero attached hydrogens (tertiary/aromatic N) is 1. The number of hydrogen-bond donors (Lipinski definition) is 0. The van der Waals surface area contributed by atoms with E-state index in [-0.39, 0.29) is 5.91 Å². The third kappa shape index (κ3) is 4.42. The number of carbonyl (C=O) groups is 1. The molecule has 2 aromatic rings. The highest BCUT2D eigenvalue weighted by atomic mass is 79.9. The molecular formula is C17H18BrNO3S. The standard InChI is InChI=1S/C17H18BrNO3S/c1-19(11-13-10-14(18)6-9-16(13)22-2)17(20)12-4-7-15(8-5-12)23(3)21/h4-10H,11H2,1-3H3/t23-/m1/s1. The normalized spacial score (nSPS) is 11.8. The van der Waals surface area contributed by atoms with Gasteiger partial charge in [-0.15, -0.1) is 0 Å². The molecule has 0 heterocycles. The van der Waals surface area contributed by atoms with E-state index in [0.29, 0.717) is 17.0 Å². The second-order valence-electron chi connectivity index (χ2n) is 5.10. The summed E-state index contributed by atoms with van der Waals surface area (Å²) in [5.74, 6) is 0.644. The zero-order valence-corrected chi connectivity index (χ0v) is 15.6. The zero-order chi connectivity index (χ0) is 17.0. The largest absolute Gasteiger partial charge is 0.496 e. The molecule has 1 amide bonds. The van der Waals surface area contributed by atoms with E-state index in [4.69, 9.17) is 4.74 Å². The summed E-state index contributed by atoms with van der Waals surface area (Å²) in [6.07, 6.45) is 1.61. The average Bonchev–Trinajstić information content (AvgIpc) is 2.54. The lowest BCUT2D eigenvalue weighted by Gasteiger charge is -2.19. The summed E-state index contributed by atoms with van der Waals surface area (Å²) in [6, 6.07) is 12.5. The van der Waals surface area contributed by atoms with Gasteiger partial charge >= 0.3 is 0 Å². The van der Waals surface area contributed by atoms with Crippen LogP contribution in [0.1, 0.15) is 15.9 Å². The van der Waals surface area contributed by atoms with Crippen molar-refractivity contribution in [2.75, 3.05) is 20.4 Å². The van der Waals surface area contributed by atoms with Gasteiger partial charge in [0.2, 0.25) is 0 Å². The fourth-order valence-corrected chi connectivity index (χ4v) is 3.14. The summed E-state index contributed by atoms with van der Waals surface area (Å²) < 4.78 is 17.7. The fraction of sp³-hybridized carbons (Fsp3) is 0.235. The van der Waals surface area contributed by atoms with Gasteiger partial charge in [0.1, 0.15) is 5.75 Å². The van der Waals surface area contributed by atoms with Crippen LogP contribution in [0.4, 0.5) is 0 Å². The van der Waals surface area contributed by atoms with E-state index in [1.165, 1.54) is 0 Å². The van der Waals surface area contributed by atoms with Crippen molar-refractivity contribution in [3.05, 3.63) is 58.1 Å². The fourth-order valence-electron chi connectivity index (χ4n) is 2.21. The molecule has 23 heavy (non-hydrogen) atoms. The molecular weight excluding hydrogens is 378 g/mol. The number of methoxy groups -OCH3 is 1. The number of amides is 1. The third-order valence-corrected chi connectivity index (χ3v) is 4.86. The first-order valence-electron chi connectivity index (χ1n) is 6.93. The Hall–Kier alpha value is -1.66. The zero-order valence-electron chi connectivity index (χ0n) is 13.2. The lowest BCUT2D eigenvalue weighted by Crippen LogP contribution is -2.26. The molecule has 0 aliphatic rings. The molecule has 0 aliphatic heterocycles. The number of ether oxygens (including phenoxy) is 1. The van der Waals surface area contributed by atoms with Crippen LogP contribution < -0.4 is 4.74 Å². The van der Waals surface area contributed by atoms with Crippen LogP contribution in [0.3, 0.4) is 0 Å². The predicted molar refractivity (Wildman–Crippen MR) is 95.3 cm³/mol. The van der Waals surface area contributed by atoms with E-state index in [1.807, 2.05) is 18.2 Å². The number of hydrogen-bond acceptors (Lipinski definition) is 3. The smallest absolute Gasteiger partial charge is 0.253 e.